The van der Waals surface area contributed by atoms with Crippen molar-refractivity contribution in [3.8, 4) is 0 Å². The Morgan fingerprint density at radius 1 is 1.20 bits per heavy atom. The number of piperazine rings is 1. The van der Waals surface area contributed by atoms with Crippen LogP contribution in [0.2, 0.25) is 0 Å². The topological polar surface area (TPSA) is 40.6 Å². The molecule has 0 spiro atoms. The first-order chi connectivity index (χ1) is 9.47. The van der Waals surface area contributed by atoms with E-state index in [-0.39, 0.29) is 23.8 Å². The molecule has 0 unspecified atom stereocenters. The van der Waals surface area contributed by atoms with Crippen molar-refractivity contribution < 1.29 is 14.0 Å². The van der Waals surface area contributed by atoms with Gasteiger partial charge >= 0.3 is 0 Å². The summed E-state index contributed by atoms with van der Waals surface area (Å²) in [4.78, 5) is 27.1. The Balaban J connectivity index is 1.96. The molecule has 0 bridgehead atoms. The van der Waals surface area contributed by atoms with Gasteiger partial charge in [0.25, 0.3) is 0 Å². The highest BCUT2D eigenvalue weighted by Crippen LogP contribution is 2.12. The third-order valence-electron chi connectivity index (χ3n) is 3.61. The van der Waals surface area contributed by atoms with Gasteiger partial charge in [-0.05, 0) is 19.1 Å². The van der Waals surface area contributed by atoms with E-state index in [1.165, 1.54) is 6.07 Å². The van der Waals surface area contributed by atoms with Crippen LogP contribution in [0.5, 0.6) is 0 Å². The molecule has 1 saturated heterocycles. The number of hydrogen-bond donors (Lipinski definition) is 0. The maximum Gasteiger partial charge on any atom is 0.219 e. The lowest BCUT2D eigenvalue weighted by molar-refractivity contribution is -0.130. The minimum atomic E-state index is -0.469. The Morgan fingerprint density at radius 2 is 1.85 bits per heavy atom. The van der Waals surface area contributed by atoms with Gasteiger partial charge in [-0.2, -0.15) is 0 Å². The lowest BCUT2D eigenvalue weighted by Crippen LogP contribution is -2.49. The molecule has 2 rings (SSSR count). The first-order valence-electron chi connectivity index (χ1n) is 6.74. The van der Waals surface area contributed by atoms with Crippen LogP contribution in [0.3, 0.4) is 0 Å². The second-order valence-corrected chi connectivity index (χ2v) is 5.19. The van der Waals surface area contributed by atoms with Crippen molar-refractivity contribution in [1.29, 1.82) is 0 Å². The van der Waals surface area contributed by atoms with Gasteiger partial charge in [0.05, 0.1) is 12.1 Å². The van der Waals surface area contributed by atoms with Crippen molar-refractivity contribution in [3.05, 3.63) is 35.1 Å². The lowest BCUT2D eigenvalue weighted by Gasteiger charge is -2.33. The average Bonchev–Trinajstić information content (AvgIpc) is 2.42. The third-order valence-corrected chi connectivity index (χ3v) is 3.61. The molecule has 1 amide bonds. The average molecular weight is 278 g/mol. The summed E-state index contributed by atoms with van der Waals surface area (Å²) in [5, 5.41) is 0. The molecule has 0 N–H and O–H groups in total. The Morgan fingerprint density at radius 3 is 2.45 bits per heavy atom. The molecule has 1 fully saturated rings. The van der Waals surface area contributed by atoms with E-state index in [2.05, 4.69) is 0 Å². The minimum Gasteiger partial charge on any atom is -0.340 e. The number of halogens is 1. The maximum atomic E-state index is 13.6. The number of aryl methyl sites for hydroxylation is 1. The van der Waals surface area contributed by atoms with E-state index in [1.54, 1.807) is 24.0 Å². The number of carbonyl (C=O) groups excluding carboxylic acids is 2. The van der Waals surface area contributed by atoms with Crippen molar-refractivity contribution in [2.45, 2.75) is 13.8 Å². The number of rotatable bonds is 3. The second-order valence-electron chi connectivity index (χ2n) is 5.19. The van der Waals surface area contributed by atoms with Gasteiger partial charge in [0.1, 0.15) is 5.82 Å². The van der Waals surface area contributed by atoms with Crippen LogP contribution in [0.1, 0.15) is 22.8 Å². The molecule has 20 heavy (non-hydrogen) atoms. The molecule has 0 aromatic heterocycles. The number of Topliss-reactive ketones (excluding diaryl/α,β-unsaturated/α-hetero) is 1. The fourth-order valence-corrected chi connectivity index (χ4v) is 2.36. The van der Waals surface area contributed by atoms with E-state index < -0.39 is 5.82 Å². The summed E-state index contributed by atoms with van der Waals surface area (Å²) in [5.74, 6) is -0.619. The third kappa shape index (κ3) is 3.42. The van der Waals surface area contributed by atoms with E-state index in [4.69, 9.17) is 0 Å². The fourth-order valence-electron chi connectivity index (χ4n) is 2.36. The predicted molar refractivity (Wildman–Crippen MR) is 74.2 cm³/mol. The molecule has 5 heteroatoms. The van der Waals surface area contributed by atoms with Crippen LogP contribution < -0.4 is 0 Å². The fraction of sp³-hybridized carbons (Fsp3) is 0.467. The highest BCUT2D eigenvalue weighted by molar-refractivity contribution is 5.98. The largest absolute Gasteiger partial charge is 0.340 e. The second kappa shape index (κ2) is 6.13. The van der Waals surface area contributed by atoms with Crippen LogP contribution in [0.4, 0.5) is 4.39 Å². The van der Waals surface area contributed by atoms with Crippen LogP contribution in [-0.4, -0.2) is 54.2 Å². The van der Waals surface area contributed by atoms with Crippen molar-refractivity contribution in [3.63, 3.8) is 0 Å². The SMILES string of the molecule is CC(=O)N1CCN(CC(=O)c2cc(C)ccc2F)CC1. The van der Waals surface area contributed by atoms with E-state index in [9.17, 15) is 14.0 Å². The summed E-state index contributed by atoms with van der Waals surface area (Å²) < 4.78 is 13.6. The van der Waals surface area contributed by atoms with Gasteiger partial charge < -0.3 is 4.90 Å². The van der Waals surface area contributed by atoms with E-state index in [1.807, 2.05) is 11.8 Å². The number of carbonyl (C=O) groups is 2. The summed E-state index contributed by atoms with van der Waals surface area (Å²) in [7, 11) is 0. The van der Waals surface area contributed by atoms with Gasteiger partial charge in [-0.1, -0.05) is 11.6 Å². The van der Waals surface area contributed by atoms with Crippen LogP contribution in [0, 0.1) is 12.7 Å². The van der Waals surface area contributed by atoms with Gasteiger partial charge in [-0.15, -0.1) is 0 Å². The molecule has 1 aliphatic heterocycles. The summed E-state index contributed by atoms with van der Waals surface area (Å²) in [6, 6.07) is 4.57. The smallest absolute Gasteiger partial charge is 0.219 e. The first-order valence-corrected chi connectivity index (χ1v) is 6.74. The molecule has 0 atom stereocenters. The molecule has 4 nitrogen and oxygen atoms in total. The Bertz CT molecular complexity index is 523. The lowest BCUT2D eigenvalue weighted by atomic mass is 10.1. The highest BCUT2D eigenvalue weighted by atomic mass is 19.1. The van der Waals surface area contributed by atoms with Gasteiger partial charge in [-0.25, -0.2) is 4.39 Å². The van der Waals surface area contributed by atoms with Crippen molar-refractivity contribution >= 4 is 11.7 Å². The number of nitrogens with zero attached hydrogens (tertiary/aromatic N) is 2. The maximum absolute atomic E-state index is 13.6. The number of ketones is 1. The van der Waals surface area contributed by atoms with Crippen LogP contribution in [-0.2, 0) is 4.79 Å². The van der Waals surface area contributed by atoms with Crippen molar-refractivity contribution in [2.75, 3.05) is 32.7 Å². The van der Waals surface area contributed by atoms with E-state index in [0.717, 1.165) is 5.56 Å². The monoisotopic (exact) mass is 278 g/mol. The number of benzene rings is 1. The van der Waals surface area contributed by atoms with Crippen molar-refractivity contribution in [1.82, 2.24) is 9.80 Å². The normalized spacial score (nSPS) is 16.2. The standard InChI is InChI=1S/C15H19FN2O2/c1-11-3-4-14(16)13(9-11)15(20)10-17-5-7-18(8-6-17)12(2)19/h3-4,9H,5-8,10H2,1-2H3. The van der Waals surface area contributed by atoms with E-state index >= 15 is 0 Å². The first kappa shape index (κ1) is 14.7. The molecule has 1 aromatic rings. The molecule has 108 valence electrons. The van der Waals surface area contributed by atoms with Crippen molar-refractivity contribution in [2.24, 2.45) is 0 Å². The van der Waals surface area contributed by atoms with Crippen LogP contribution >= 0.6 is 0 Å². The zero-order valence-corrected chi connectivity index (χ0v) is 11.9. The number of amides is 1. The molecule has 0 aliphatic carbocycles. The minimum absolute atomic E-state index is 0.0562. The molecular weight excluding hydrogens is 259 g/mol. The summed E-state index contributed by atoms with van der Waals surface area (Å²) in [6.07, 6.45) is 0. The molecule has 1 heterocycles. The summed E-state index contributed by atoms with van der Waals surface area (Å²) in [6.45, 7) is 6.13. The summed E-state index contributed by atoms with van der Waals surface area (Å²) >= 11 is 0. The van der Waals surface area contributed by atoms with E-state index in [0.29, 0.717) is 26.2 Å². The summed E-state index contributed by atoms with van der Waals surface area (Å²) in [5.41, 5.74) is 1.02. The zero-order chi connectivity index (χ0) is 14.7. The van der Waals surface area contributed by atoms with Crippen LogP contribution in [0.25, 0.3) is 0 Å². The van der Waals surface area contributed by atoms with Gasteiger partial charge in [-0.3, -0.25) is 14.5 Å². The Labute approximate surface area is 118 Å². The number of hydrogen-bond acceptors (Lipinski definition) is 3. The van der Waals surface area contributed by atoms with Gasteiger partial charge in [0.15, 0.2) is 5.78 Å². The molecule has 1 aromatic carbocycles. The van der Waals surface area contributed by atoms with Crippen LogP contribution in [0.15, 0.2) is 18.2 Å². The molecule has 1 aliphatic rings. The highest BCUT2D eigenvalue weighted by Gasteiger charge is 2.21. The van der Waals surface area contributed by atoms with Gasteiger partial charge in [0.2, 0.25) is 5.91 Å². The Hall–Kier alpha value is -1.75. The van der Waals surface area contributed by atoms with Gasteiger partial charge in [0, 0.05) is 33.1 Å². The Kier molecular flexibility index (Phi) is 4.49. The quantitative estimate of drug-likeness (QED) is 0.786. The molecular formula is C15H19FN2O2. The molecule has 0 saturated carbocycles. The predicted octanol–water partition coefficient (Wildman–Crippen LogP) is 1.48. The zero-order valence-electron chi connectivity index (χ0n) is 11.9. The molecule has 0 radical (unpaired) electrons.